The Kier molecular flexibility index (Phi) is 2.87. The quantitative estimate of drug-likeness (QED) is 0.720. The van der Waals surface area contributed by atoms with Crippen molar-refractivity contribution in [1.82, 2.24) is 4.90 Å². The van der Waals surface area contributed by atoms with Crippen LogP contribution in [0.25, 0.3) is 0 Å². The average molecular weight is 228 g/mol. The lowest BCUT2D eigenvalue weighted by molar-refractivity contribution is 0.393. The third kappa shape index (κ3) is 1.97. The van der Waals surface area contributed by atoms with Crippen LogP contribution in [0.4, 0.5) is 0 Å². The molecule has 0 radical (unpaired) electrons. The van der Waals surface area contributed by atoms with Crippen molar-refractivity contribution in [3.8, 4) is 0 Å². The molecule has 1 unspecified atom stereocenters. The Balaban J connectivity index is 1.89. The van der Waals surface area contributed by atoms with E-state index in [9.17, 15) is 0 Å². The summed E-state index contributed by atoms with van der Waals surface area (Å²) >= 11 is 0. The van der Waals surface area contributed by atoms with Crippen molar-refractivity contribution >= 4 is 5.84 Å². The van der Waals surface area contributed by atoms with Crippen molar-refractivity contribution in [3.05, 3.63) is 35.4 Å². The molecule has 2 heteroatoms. The van der Waals surface area contributed by atoms with Gasteiger partial charge < -0.3 is 4.90 Å². The molecule has 90 valence electrons. The molecule has 0 N–H and O–H groups in total. The SMILES string of the molecule is Cc1ccccc1C1CCCN1C1=NCCC1. The molecule has 1 fully saturated rings. The lowest BCUT2D eigenvalue weighted by atomic mass is 9.99. The molecule has 0 aliphatic carbocycles. The maximum absolute atomic E-state index is 4.67. The molecule has 1 saturated heterocycles. The van der Waals surface area contributed by atoms with Crippen LogP contribution >= 0.6 is 0 Å². The highest BCUT2D eigenvalue weighted by atomic mass is 15.2. The van der Waals surface area contributed by atoms with Gasteiger partial charge in [-0.2, -0.15) is 0 Å². The summed E-state index contributed by atoms with van der Waals surface area (Å²) in [5.41, 5.74) is 2.92. The van der Waals surface area contributed by atoms with Crippen molar-refractivity contribution in [2.75, 3.05) is 13.1 Å². The third-order valence-electron chi connectivity index (χ3n) is 3.98. The monoisotopic (exact) mass is 228 g/mol. The highest BCUT2D eigenvalue weighted by Crippen LogP contribution is 2.35. The first kappa shape index (κ1) is 10.8. The minimum Gasteiger partial charge on any atom is -0.353 e. The zero-order valence-corrected chi connectivity index (χ0v) is 10.5. The van der Waals surface area contributed by atoms with E-state index in [4.69, 9.17) is 0 Å². The molecule has 1 aromatic rings. The largest absolute Gasteiger partial charge is 0.353 e. The Hall–Kier alpha value is -1.31. The third-order valence-corrected chi connectivity index (χ3v) is 3.98. The van der Waals surface area contributed by atoms with Crippen LogP contribution in [0, 0.1) is 6.92 Å². The summed E-state index contributed by atoms with van der Waals surface area (Å²) in [7, 11) is 0. The second-order valence-corrected chi connectivity index (χ2v) is 5.11. The molecule has 0 saturated carbocycles. The van der Waals surface area contributed by atoms with Crippen LogP contribution in [0.3, 0.4) is 0 Å². The summed E-state index contributed by atoms with van der Waals surface area (Å²) in [5, 5.41) is 0. The van der Waals surface area contributed by atoms with Gasteiger partial charge in [0.2, 0.25) is 0 Å². The molecule has 2 aliphatic rings. The van der Waals surface area contributed by atoms with E-state index < -0.39 is 0 Å². The van der Waals surface area contributed by atoms with Crippen molar-refractivity contribution < 1.29 is 0 Å². The molecule has 2 aliphatic heterocycles. The molecule has 1 aromatic carbocycles. The fourth-order valence-electron chi connectivity index (χ4n) is 3.12. The Morgan fingerprint density at radius 3 is 2.88 bits per heavy atom. The summed E-state index contributed by atoms with van der Waals surface area (Å²) in [6.07, 6.45) is 5.01. The van der Waals surface area contributed by atoms with Crippen LogP contribution in [0.15, 0.2) is 29.3 Å². The van der Waals surface area contributed by atoms with Crippen LogP contribution in [0.1, 0.15) is 42.9 Å². The zero-order valence-electron chi connectivity index (χ0n) is 10.5. The van der Waals surface area contributed by atoms with E-state index in [1.165, 1.54) is 49.2 Å². The van der Waals surface area contributed by atoms with Gasteiger partial charge >= 0.3 is 0 Å². The number of aryl methyl sites for hydroxylation is 1. The Bertz CT molecular complexity index is 436. The minimum atomic E-state index is 0.577. The van der Waals surface area contributed by atoms with Gasteiger partial charge in [-0.15, -0.1) is 0 Å². The summed E-state index contributed by atoms with van der Waals surface area (Å²) in [5.74, 6) is 1.36. The number of amidine groups is 1. The van der Waals surface area contributed by atoms with Gasteiger partial charge in [0.25, 0.3) is 0 Å². The molecule has 0 bridgehead atoms. The molecule has 3 rings (SSSR count). The molecule has 0 amide bonds. The minimum absolute atomic E-state index is 0.577. The lowest BCUT2D eigenvalue weighted by Gasteiger charge is -2.28. The molecule has 0 spiro atoms. The summed E-state index contributed by atoms with van der Waals surface area (Å²) in [6, 6.07) is 9.38. The summed E-state index contributed by atoms with van der Waals surface area (Å²) in [6.45, 7) is 4.45. The van der Waals surface area contributed by atoms with Gasteiger partial charge in [0, 0.05) is 19.5 Å². The van der Waals surface area contributed by atoms with E-state index in [1.807, 2.05) is 0 Å². The standard InChI is InChI=1S/C15H20N2/c1-12-6-2-3-7-13(12)14-8-5-11-17(14)15-9-4-10-16-15/h2-3,6-7,14H,4-5,8-11H2,1H3. The van der Waals surface area contributed by atoms with Gasteiger partial charge in [0.05, 0.1) is 11.9 Å². The van der Waals surface area contributed by atoms with Crippen LogP contribution < -0.4 is 0 Å². The fourth-order valence-corrected chi connectivity index (χ4v) is 3.12. The van der Waals surface area contributed by atoms with Gasteiger partial charge in [0.15, 0.2) is 0 Å². The number of likely N-dealkylation sites (tertiary alicyclic amines) is 1. The number of benzene rings is 1. The first-order valence-corrected chi connectivity index (χ1v) is 6.72. The maximum Gasteiger partial charge on any atom is 0.0994 e. The van der Waals surface area contributed by atoms with Crippen LogP contribution in [0.2, 0.25) is 0 Å². The Morgan fingerprint density at radius 2 is 2.12 bits per heavy atom. The smallest absolute Gasteiger partial charge is 0.0994 e. The molecule has 1 atom stereocenters. The zero-order chi connectivity index (χ0) is 11.7. The van der Waals surface area contributed by atoms with Crippen LogP contribution in [-0.4, -0.2) is 23.8 Å². The Morgan fingerprint density at radius 1 is 1.24 bits per heavy atom. The van der Waals surface area contributed by atoms with Crippen molar-refractivity contribution in [2.24, 2.45) is 4.99 Å². The van der Waals surface area contributed by atoms with Gasteiger partial charge in [0.1, 0.15) is 0 Å². The highest BCUT2D eigenvalue weighted by Gasteiger charge is 2.29. The van der Waals surface area contributed by atoms with Crippen molar-refractivity contribution in [1.29, 1.82) is 0 Å². The fraction of sp³-hybridized carbons (Fsp3) is 0.533. The van der Waals surface area contributed by atoms with E-state index in [2.05, 4.69) is 41.1 Å². The lowest BCUT2D eigenvalue weighted by Crippen LogP contribution is -2.29. The van der Waals surface area contributed by atoms with Crippen molar-refractivity contribution in [2.45, 2.75) is 38.6 Å². The van der Waals surface area contributed by atoms with E-state index in [-0.39, 0.29) is 0 Å². The highest BCUT2D eigenvalue weighted by molar-refractivity contribution is 5.84. The molecular weight excluding hydrogens is 208 g/mol. The van der Waals surface area contributed by atoms with Gasteiger partial charge in [-0.25, -0.2) is 0 Å². The number of rotatable bonds is 1. The second kappa shape index (κ2) is 4.52. The molecule has 0 aromatic heterocycles. The number of aliphatic imine (C=N–C) groups is 1. The number of nitrogens with zero attached hydrogens (tertiary/aromatic N) is 2. The first-order valence-electron chi connectivity index (χ1n) is 6.72. The molecule has 2 nitrogen and oxygen atoms in total. The second-order valence-electron chi connectivity index (χ2n) is 5.11. The van der Waals surface area contributed by atoms with E-state index in [1.54, 1.807) is 0 Å². The van der Waals surface area contributed by atoms with E-state index in [0.29, 0.717) is 6.04 Å². The predicted octanol–water partition coefficient (Wildman–Crippen LogP) is 3.32. The van der Waals surface area contributed by atoms with E-state index in [0.717, 1.165) is 6.54 Å². The first-order chi connectivity index (χ1) is 8.36. The molecular formula is C15H20N2. The number of hydrogen-bond acceptors (Lipinski definition) is 2. The summed E-state index contributed by atoms with van der Waals surface area (Å²) < 4.78 is 0. The Labute approximate surface area is 103 Å². The average Bonchev–Trinajstić information content (AvgIpc) is 3.00. The predicted molar refractivity (Wildman–Crippen MR) is 71.4 cm³/mol. The van der Waals surface area contributed by atoms with Crippen molar-refractivity contribution in [3.63, 3.8) is 0 Å². The van der Waals surface area contributed by atoms with Crippen LogP contribution in [0.5, 0.6) is 0 Å². The molecule has 2 heterocycles. The topological polar surface area (TPSA) is 15.6 Å². The van der Waals surface area contributed by atoms with Gasteiger partial charge in [-0.1, -0.05) is 24.3 Å². The number of hydrogen-bond donors (Lipinski definition) is 0. The summed E-state index contributed by atoms with van der Waals surface area (Å²) in [4.78, 5) is 7.22. The van der Waals surface area contributed by atoms with Gasteiger partial charge in [-0.05, 0) is 37.3 Å². The maximum atomic E-state index is 4.67. The van der Waals surface area contributed by atoms with E-state index >= 15 is 0 Å². The van der Waals surface area contributed by atoms with Gasteiger partial charge in [-0.3, -0.25) is 4.99 Å². The normalized spacial score (nSPS) is 24.2. The molecule has 17 heavy (non-hydrogen) atoms. The van der Waals surface area contributed by atoms with Crippen LogP contribution in [-0.2, 0) is 0 Å².